The van der Waals surface area contributed by atoms with Gasteiger partial charge in [-0.15, -0.1) is 0 Å². The predicted molar refractivity (Wildman–Crippen MR) is 50.9 cm³/mol. The van der Waals surface area contributed by atoms with E-state index in [1.165, 1.54) is 6.20 Å². The number of nitrogens with two attached hydrogens (primary N) is 1. The number of nitrogens with zero attached hydrogens (tertiary/aromatic N) is 1. The first kappa shape index (κ1) is 9.47. The fourth-order valence-corrected chi connectivity index (χ4v) is 2.26. The van der Waals surface area contributed by atoms with Crippen LogP contribution in [0, 0.1) is 5.92 Å². The second-order valence-corrected chi connectivity index (χ2v) is 5.18. The van der Waals surface area contributed by atoms with Crippen molar-refractivity contribution < 1.29 is 8.42 Å². The lowest BCUT2D eigenvalue weighted by Crippen LogP contribution is -2.26. The van der Waals surface area contributed by atoms with Crippen LogP contribution in [0.15, 0.2) is 11.1 Å². The zero-order valence-electron chi connectivity index (χ0n) is 7.53. The van der Waals surface area contributed by atoms with Crippen molar-refractivity contribution in [2.45, 2.75) is 17.7 Å². The summed E-state index contributed by atoms with van der Waals surface area (Å²) in [6, 6.07) is 0. The first-order valence-corrected chi connectivity index (χ1v) is 5.86. The smallest absolute Gasteiger partial charge is 0.245 e. The molecule has 1 aliphatic carbocycles. The minimum atomic E-state index is -3.47. The molecule has 1 aliphatic rings. The topological polar surface area (TPSA) is 101 Å². The highest BCUT2D eigenvalue weighted by Gasteiger charge is 2.25. The summed E-state index contributed by atoms with van der Waals surface area (Å²) in [6.07, 6.45) is 3.41. The minimum absolute atomic E-state index is 0.0261. The van der Waals surface area contributed by atoms with Gasteiger partial charge in [0.05, 0.1) is 6.20 Å². The Bertz CT molecular complexity index is 421. The Labute approximate surface area is 81.9 Å². The maximum absolute atomic E-state index is 11.6. The molecule has 0 radical (unpaired) electrons. The fraction of sp³-hybridized carbons (Fsp3) is 0.571. The molecular formula is C7H12N4O2S. The Hall–Kier alpha value is -1.08. The first-order valence-electron chi connectivity index (χ1n) is 4.38. The molecule has 0 spiro atoms. The summed E-state index contributed by atoms with van der Waals surface area (Å²) in [4.78, 5) is 0.0261. The highest BCUT2D eigenvalue weighted by atomic mass is 32.2. The molecule has 0 unspecified atom stereocenters. The van der Waals surface area contributed by atoms with Crippen molar-refractivity contribution in [2.24, 2.45) is 5.92 Å². The zero-order chi connectivity index (χ0) is 10.2. The fourth-order valence-electron chi connectivity index (χ4n) is 1.13. The zero-order valence-corrected chi connectivity index (χ0v) is 8.34. The summed E-state index contributed by atoms with van der Waals surface area (Å²) in [6.45, 7) is 0.493. The van der Waals surface area contributed by atoms with Gasteiger partial charge in [-0.2, -0.15) is 5.10 Å². The quantitative estimate of drug-likeness (QED) is 0.642. The molecule has 0 aromatic carbocycles. The van der Waals surface area contributed by atoms with Crippen molar-refractivity contribution in [3.63, 3.8) is 0 Å². The molecule has 0 aliphatic heterocycles. The van der Waals surface area contributed by atoms with Gasteiger partial charge < -0.3 is 5.73 Å². The number of aromatic nitrogens is 2. The molecule has 6 nitrogen and oxygen atoms in total. The van der Waals surface area contributed by atoms with Crippen LogP contribution in [0.25, 0.3) is 0 Å². The maximum atomic E-state index is 11.6. The van der Waals surface area contributed by atoms with Crippen LogP contribution in [0.4, 0.5) is 5.82 Å². The van der Waals surface area contributed by atoms with Crippen molar-refractivity contribution in [1.29, 1.82) is 0 Å². The van der Waals surface area contributed by atoms with Crippen molar-refractivity contribution in [2.75, 3.05) is 12.3 Å². The van der Waals surface area contributed by atoms with E-state index in [-0.39, 0.29) is 10.7 Å². The van der Waals surface area contributed by atoms with Gasteiger partial charge >= 0.3 is 0 Å². The van der Waals surface area contributed by atoms with Gasteiger partial charge in [-0.3, -0.25) is 5.10 Å². The molecule has 78 valence electrons. The van der Waals surface area contributed by atoms with Gasteiger partial charge in [0, 0.05) is 6.54 Å². The second kappa shape index (κ2) is 3.25. The largest absolute Gasteiger partial charge is 0.383 e. The lowest BCUT2D eigenvalue weighted by Gasteiger charge is -2.03. The number of hydrogen-bond acceptors (Lipinski definition) is 4. The summed E-state index contributed by atoms with van der Waals surface area (Å²) in [5.41, 5.74) is 5.41. The van der Waals surface area contributed by atoms with Crippen LogP contribution in [-0.2, 0) is 10.0 Å². The molecule has 7 heteroatoms. The first-order chi connectivity index (χ1) is 6.59. The lowest BCUT2D eigenvalue weighted by atomic mass is 10.4. The van der Waals surface area contributed by atoms with Crippen LogP contribution in [0.1, 0.15) is 12.8 Å². The van der Waals surface area contributed by atoms with Crippen molar-refractivity contribution >= 4 is 15.8 Å². The third-order valence-electron chi connectivity index (χ3n) is 2.18. The van der Waals surface area contributed by atoms with E-state index >= 15 is 0 Å². The van der Waals surface area contributed by atoms with Crippen LogP contribution >= 0.6 is 0 Å². The Balaban J connectivity index is 2.10. The minimum Gasteiger partial charge on any atom is -0.383 e. The van der Waals surface area contributed by atoms with Crippen LogP contribution in [-0.4, -0.2) is 25.2 Å². The SMILES string of the molecule is Nc1[nH]ncc1S(=O)(=O)NCC1CC1. The molecule has 1 heterocycles. The third-order valence-corrected chi connectivity index (χ3v) is 3.63. The van der Waals surface area contributed by atoms with Gasteiger partial charge in [0.15, 0.2) is 0 Å². The second-order valence-electron chi connectivity index (χ2n) is 3.44. The molecule has 0 atom stereocenters. The van der Waals surface area contributed by atoms with Crippen molar-refractivity contribution in [3.8, 4) is 0 Å². The standard InChI is InChI=1S/C7H12N4O2S/c8-7-6(4-9-11-7)14(12,13)10-3-5-1-2-5/h4-5,10H,1-3H2,(H3,8,9,11). The van der Waals surface area contributed by atoms with E-state index in [0.717, 1.165) is 12.8 Å². The molecule has 0 saturated heterocycles. The van der Waals surface area contributed by atoms with E-state index in [1.54, 1.807) is 0 Å². The number of aromatic amines is 1. The normalized spacial score (nSPS) is 17.1. The van der Waals surface area contributed by atoms with E-state index in [0.29, 0.717) is 12.5 Å². The van der Waals surface area contributed by atoms with Gasteiger partial charge in [0.1, 0.15) is 10.7 Å². The molecule has 1 saturated carbocycles. The summed E-state index contributed by atoms with van der Waals surface area (Å²) in [7, 11) is -3.47. The van der Waals surface area contributed by atoms with E-state index in [9.17, 15) is 8.42 Å². The van der Waals surface area contributed by atoms with Crippen LogP contribution in [0.5, 0.6) is 0 Å². The van der Waals surface area contributed by atoms with E-state index in [2.05, 4.69) is 14.9 Å². The predicted octanol–water partition coefficient (Wildman–Crippen LogP) is -0.320. The van der Waals surface area contributed by atoms with Gasteiger partial charge in [-0.05, 0) is 18.8 Å². The molecular weight excluding hydrogens is 204 g/mol. The number of H-pyrrole nitrogens is 1. The van der Waals surface area contributed by atoms with Crippen LogP contribution in [0.3, 0.4) is 0 Å². The molecule has 0 amide bonds. The Morgan fingerprint density at radius 2 is 2.36 bits per heavy atom. The Kier molecular flexibility index (Phi) is 2.20. The maximum Gasteiger partial charge on any atom is 0.245 e. The van der Waals surface area contributed by atoms with E-state index in [4.69, 9.17) is 5.73 Å². The van der Waals surface area contributed by atoms with Crippen LogP contribution in [0.2, 0.25) is 0 Å². The molecule has 4 N–H and O–H groups in total. The molecule has 1 fully saturated rings. The summed E-state index contributed by atoms with van der Waals surface area (Å²) in [5, 5.41) is 5.95. The number of rotatable bonds is 4. The number of nitrogens with one attached hydrogen (secondary N) is 2. The van der Waals surface area contributed by atoms with Gasteiger partial charge in [-0.1, -0.05) is 0 Å². The van der Waals surface area contributed by atoms with Gasteiger partial charge in [-0.25, -0.2) is 13.1 Å². The Morgan fingerprint density at radius 3 is 2.86 bits per heavy atom. The number of sulfonamides is 1. The molecule has 0 bridgehead atoms. The number of nitrogen functional groups attached to an aromatic ring is 1. The highest BCUT2D eigenvalue weighted by molar-refractivity contribution is 7.89. The third kappa shape index (κ3) is 1.88. The molecule has 1 aromatic rings. The van der Waals surface area contributed by atoms with Gasteiger partial charge in [0.2, 0.25) is 10.0 Å². The van der Waals surface area contributed by atoms with E-state index in [1.807, 2.05) is 0 Å². The van der Waals surface area contributed by atoms with E-state index < -0.39 is 10.0 Å². The molecule has 1 aromatic heterocycles. The average molecular weight is 216 g/mol. The number of anilines is 1. The average Bonchev–Trinajstić information content (AvgIpc) is 2.85. The van der Waals surface area contributed by atoms with Crippen molar-refractivity contribution in [1.82, 2.24) is 14.9 Å². The monoisotopic (exact) mass is 216 g/mol. The molecule has 14 heavy (non-hydrogen) atoms. The summed E-state index contributed by atoms with van der Waals surface area (Å²) < 4.78 is 25.7. The number of hydrogen-bond donors (Lipinski definition) is 3. The van der Waals surface area contributed by atoms with Gasteiger partial charge in [0.25, 0.3) is 0 Å². The van der Waals surface area contributed by atoms with Crippen LogP contribution < -0.4 is 10.5 Å². The van der Waals surface area contributed by atoms with Crippen molar-refractivity contribution in [3.05, 3.63) is 6.20 Å². The summed E-state index contributed by atoms with van der Waals surface area (Å²) in [5.74, 6) is 0.575. The Morgan fingerprint density at radius 1 is 1.64 bits per heavy atom. The summed E-state index contributed by atoms with van der Waals surface area (Å²) >= 11 is 0. The highest BCUT2D eigenvalue weighted by Crippen LogP contribution is 2.28. The molecule has 2 rings (SSSR count). The lowest BCUT2D eigenvalue weighted by molar-refractivity contribution is 0.578.